The average Bonchev–Trinajstić information content (AvgIpc) is 3.12. The zero-order chi connectivity index (χ0) is 21.8. The van der Waals surface area contributed by atoms with Crippen LogP contribution in [0.2, 0.25) is 0 Å². The van der Waals surface area contributed by atoms with Crippen LogP contribution in [0.5, 0.6) is 0 Å². The van der Waals surface area contributed by atoms with Crippen LogP contribution in [0.4, 0.5) is 10.5 Å². The Kier molecular flexibility index (Phi) is 6.39. The van der Waals surface area contributed by atoms with Gasteiger partial charge in [0.1, 0.15) is 5.82 Å². The molecule has 1 saturated heterocycles. The lowest BCUT2D eigenvalue weighted by Crippen LogP contribution is -2.52. The van der Waals surface area contributed by atoms with Crippen LogP contribution in [0.15, 0.2) is 29.1 Å². The van der Waals surface area contributed by atoms with E-state index in [4.69, 9.17) is 0 Å². The van der Waals surface area contributed by atoms with E-state index in [9.17, 15) is 14.4 Å². The Morgan fingerprint density at radius 3 is 2.45 bits per heavy atom. The van der Waals surface area contributed by atoms with Crippen molar-refractivity contribution < 1.29 is 9.59 Å². The Hall–Kier alpha value is -3.10. The summed E-state index contributed by atoms with van der Waals surface area (Å²) in [5.74, 6) is 0.944. The third-order valence-electron chi connectivity index (χ3n) is 6.06. The minimum absolute atomic E-state index is 0.0338. The van der Waals surface area contributed by atoms with E-state index in [1.807, 2.05) is 29.2 Å². The number of aryl methyl sites for hydroxylation is 2. The number of carbonyl (C=O) groups is 2. The molecule has 9 heteroatoms. The zero-order valence-electron chi connectivity index (χ0n) is 18.0. The number of amides is 2. The van der Waals surface area contributed by atoms with E-state index in [-0.39, 0.29) is 17.5 Å². The first-order chi connectivity index (χ1) is 15.0. The molecule has 0 spiro atoms. The Balaban J connectivity index is 1.19. The summed E-state index contributed by atoms with van der Waals surface area (Å²) in [6.45, 7) is 6.15. The molecule has 2 amide bonds. The number of piperazine rings is 1. The van der Waals surface area contributed by atoms with Crippen molar-refractivity contribution >= 4 is 17.5 Å². The van der Waals surface area contributed by atoms with Gasteiger partial charge in [-0.25, -0.2) is 14.3 Å². The molecule has 0 bridgehead atoms. The number of benzene rings is 1. The van der Waals surface area contributed by atoms with Gasteiger partial charge in [-0.2, -0.15) is 5.10 Å². The van der Waals surface area contributed by atoms with E-state index in [0.29, 0.717) is 38.2 Å². The molecule has 31 heavy (non-hydrogen) atoms. The van der Waals surface area contributed by atoms with E-state index in [2.05, 4.69) is 15.3 Å². The number of aromatic nitrogens is 3. The van der Waals surface area contributed by atoms with Crippen molar-refractivity contribution in [3.8, 4) is 0 Å². The van der Waals surface area contributed by atoms with Gasteiger partial charge in [0.15, 0.2) is 5.78 Å². The summed E-state index contributed by atoms with van der Waals surface area (Å²) in [5.41, 5.74) is 1.74. The summed E-state index contributed by atoms with van der Waals surface area (Å²) in [4.78, 5) is 40.3. The highest BCUT2D eigenvalue weighted by Crippen LogP contribution is 2.17. The molecular weight excluding hydrogens is 396 g/mol. The van der Waals surface area contributed by atoms with E-state index in [0.717, 1.165) is 50.4 Å². The number of rotatable bonds is 6. The summed E-state index contributed by atoms with van der Waals surface area (Å²) in [6.07, 6.45) is 3.66. The maximum absolute atomic E-state index is 12.5. The number of ketones is 1. The van der Waals surface area contributed by atoms with E-state index in [1.54, 1.807) is 11.5 Å². The molecular formula is C22H30N6O3. The summed E-state index contributed by atoms with van der Waals surface area (Å²) in [5, 5.41) is 7.39. The maximum atomic E-state index is 12.5. The molecule has 166 valence electrons. The van der Waals surface area contributed by atoms with E-state index >= 15 is 0 Å². The molecule has 1 fully saturated rings. The van der Waals surface area contributed by atoms with Gasteiger partial charge in [0.25, 0.3) is 0 Å². The Morgan fingerprint density at radius 2 is 1.77 bits per heavy atom. The van der Waals surface area contributed by atoms with Crippen LogP contribution in [0.1, 0.15) is 42.4 Å². The molecule has 3 heterocycles. The van der Waals surface area contributed by atoms with Gasteiger partial charge in [0, 0.05) is 63.5 Å². The molecule has 2 aliphatic heterocycles. The van der Waals surface area contributed by atoms with E-state index < -0.39 is 0 Å². The number of carbonyl (C=O) groups excluding carboxylic acids is 2. The van der Waals surface area contributed by atoms with E-state index in [1.165, 1.54) is 4.68 Å². The van der Waals surface area contributed by atoms with Crippen LogP contribution >= 0.6 is 0 Å². The second-order valence-corrected chi connectivity index (χ2v) is 8.19. The second kappa shape index (κ2) is 9.36. The molecule has 0 saturated carbocycles. The van der Waals surface area contributed by atoms with Crippen molar-refractivity contribution in [1.82, 2.24) is 24.6 Å². The smallest absolute Gasteiger partial charge is 0.345 e. The van der Waals surface area contributed by atoms with Gasteiger partial charge in [-0.3, -0.25) is 9.36 Å². The topological polar surface area (TPSA) is 92.5 Å². The molecule has 1 N–H and O–H groups in total. The van der Waals surface area contributed by atoms with Crippen molar-refractivity contribution in [1.29, 1.82) is 0 Å². The summed E-state index contributed by atoms with van der Waals surface area (Å²) in [7, 11) is 0. The van der Waals surface area contributed by atoms with Gasteiger partial charge >= 0.3 is 11.7 Å². The fraction of sp³-hybridized carbons (Fsp3) is 0.545. The van der Waals surface area contributed by atoms with Crippen molar-refractivity contribution in [2.45, 2.75) is 45.7 Å². The highest BCUT2D eigenvalue weighted by atomic mass is 16.2. The molecule has 0 aliphatic carbocycles. The van der Waals surface area contributed by atoms with Crippen LogP contribution in [-0.4, -0.2) is 63.8 Å². The van der Waals surface area contributed by atoms with Crippen molar-refractivity contribution in [3.63, 3.8) is 0 Å². The second-order valence-electron chi connectivity index (χ2n) is 8.19. The number of fused-ring (bicyclic) bond motifs is 1. The molecule has 1 aromatic carbocycles. The molecule has 0 radical (unpaired) electrons. The molecule has 2 aliphatic rings. The molecule has 4 rings (SSSR count). The molecule has 0 atom stereocenters. The van der Waals surface area contributed by atoms with Crippen molar-refractivity contribution in [2.24, 2.45) is 0 Å². The minimum Gasteiger partial charge on any atom is -0.368 e. The van der Waals surface area contributed by atoms with Gasteiger partial charge in [-0.1, -0.05) is 0 Å². The van der Waals surface area contributed by atoms with Gasteiger partial charge < -0.3 is 15.1 Å². The number of hydrogen-bond donors (Lipinski definition) is 1. The Morgan fingerprint density at radius 1 is 1.03 bits per heavy atom. The normalized spacial score (nSPS) is 16.2. The Labute approximate surface area is 181 Å². The van der Waals surface area contributed by atoms with Gasteiger partial charge in [-0.15, -0.1) is 0 Å². The summed E-state index contributed by atoms with van der Waals surface area (Å²) >= 11 is 0. The van der Waals surface area contributed by atoms with Crippen LogP contribution < -0.4 is 15.9 Å². The maximum Gasteiger partial charge on any atom is 0.345 e. The fourth-order valence-corrected chi connectivity index (χ4v) is 4.20. The first-order valence-electron chi connectivity index (χ1n) is 11.1. The highest BCUT2D eigenvalue weighted by molar-refractivity contribution is 5.94. The first kappa shape index (κ1) is 21.1. The third kappa shape index (κ3) is 4.81. The third-order valence-corrected chi connectivity index (χ3v) is 6.06. The monoisotopic (exact) mass is 426 g/mol. The van der Waals surface area contributed by atoms with Crippen LogP contribution in [-0.2, 0) is 19.5 Å². The Bertz CT molecular complexity index is 986. The minimum atomic E-state index is -0.0666. The lowest BCUT2D eigenvalue weighted by Gasteiger charge is -2.36. The quantitative estimate of drug-likeness (QED) is 0.558. The standard InChI is InChI=1S/C22H30N6O3/c1-17(29)18-6-8-19(9-7-18)25-13-15-26(16-14-25)21(30)23-10-4-12-28-22(31)27-11-3-2-5-20(27)24-28/h6-9H,2-5,10-16H2,1H3,(H,23,30). The SMILES string of the molecule is CC(=O)c1ccc(N2CCN(C(=O)NCCCn3nc4n(c3=O)CCCC4)CC2)cc1. The van der Waals surface area contributed by atoms with Gasteiger partial charge in [0.2, 0.25) is 0 Å². The zero-order valence-corrected chi connectivity index (χ0v) is 18.0. The lowest BCUT2D eigenvalue weighted by molar-refractivity contribution is 0.101. The largest absolute Gasteiger partial charge is 0.368 e. The van der Waals surface area contributed by atoms with Crippen molar-refractivity contribution in [2.75, 3.05) is 37.6 Å². The summed E-state index contributed by atoms with van der Waals surface area (Å²) < 4.78 is 3.30. The number of urea groups is 1. The highest BCUT2D eigenvalue weighted by Gasteiger charge is 2.21. The van der Waals surface area contributed by atoms with Crippen molar-refractivity contribution in [3.05, 3.63) is 46.1 Å². The van der Waals surface area contributed by atoms with Gasteiger partial charge in [0.05, 0.1) is 0 Å². The van der Waals surface area contributed by atoms with Crippen LogP contribution in [0, 0.1) is 0 Å². The number of hydrogen-bond acceptors (Lipinski definition) is 5. The molecule has 9 nitrogen and oxygen atoms in total. The predicted octanol–water partition coefficient (Wildman–Crippen LogP) is 1.51. The fourth-order valence-electron chi connectivity index (χ4n) is 4.20. The molecule has 2 aromatic rings. The summed E-state index contributed by atoms with van der Waals surface area (Å²) in [6, 6.07) is 7.55. The number of nitrogens with zero attached hydrogens (tertiary/aromatic N) is 5. The molecule has 0 unspecified atom stereocenters. The number of nitrogens with one attached hydrogen (secondary N) is 1. The predicted molar refractivity (Wildman–Crippen MR) is 118 cm³/mol. The molecule has 1 aromatic heterocycles. The average molecular weight is 427 g/mol. The number of anilines is 1. The number of Topliss-reactive ketones (excluding diaryl/α,β-unsaturated/α-hetero) is 1. The van der Waals surface area contributed by atoms with Crippen LogP contribution in [0.3, 0.4) is 0 Å². The lowest BCUT2D eigenvalue weighted by atomic mass is 10.1. The first-order valence-corrected chi connectivity index (χ1v) is 11.1. The van der Waals surface area contributed by atoms with Crippen LogP contribution in [0.25, 0.3) is 0 Å². The van der Waals surface area contributed by atoms with Gasteiger partial charge in [-0.05, 0) is 50.5 Å².